The van der Waals surface area contributed by atoms with Gasteiger partial charge < -0.3 is 19.2 Å². The van der Waals surface area contributed by atoms with Gasteiger partial charge in [0.05, 0.1) is 5.39 Å². The largest absolute Gasteiger partial charge is 0.444 e. The molecule has 1 unspecified atom stereocenters. The van der Waals surface area contributed by atoms with E-state index in [-0.39, 0.29) is 5.63 Å². The molecule has 1 aliphatic rings. The Morgan fingerprint density at radius 2 is 1.94 bits per heavy atom. The minimum atomic E-state index is -0.860. The SMILES string of the molecule is CSCCC(NC(=O)OC(C)(C)C)C(=O)Oc1cc(C)cc2oc(=O)c3c(c12)CCC3. The van der Waals surface area contributed by atoms with E-state index in [1.54, 1.807) is 44.7 Å². The van der Waals surface area contributed by atoms with Crippen LogP contribution in [0.2, 0.25) is 0 Å². The summed E-state index contributed by atoms with van der Waals surface area (Å²) in [7, 11) is 0. The third-order valence-corrected chi connectivity index (χ3v) is 5.62. The van der Waals surface area contributed by atoms with Gasteiger partial charge in [0.25, 0.3) is 0 Å². The minimum Gasteiger partial charge on any atom is -0.444 e. The molecule has 168 valence electrons. The van der Waals surface area contributed by atoms with Crippen LogP contribution in [-0.4, -0.2) is 35.7 Å². The lowest BCUT2D eigenvalue weighted by atomic mass is 10.0. The number of alkyl carbamates (subject to hydrolysis) is 1. The summed E-state index contributed by atoms with van der Waals surface area (Å²) in [5.74, 6) is 0.431. The molecule has 1 amide bonds. The molecule has 1 aromatic heterocycles. The van der Waals surface area contributed by atoms with Crippen molar-refractivity contribution in [2.75, 3.05) is 12.0 Å². The molecule has 1 N–H and O–H groups in total. The third-order valence-electron chi connectivity index (χ3n) is 4.98. The Bertz CT molecular complexity index is 1050. The average molecular weight is 448 g/mol. The zero-order valence-electron chi connectivity index (χ0n) is 18.6. The van der Waals surface area contributed by atoms with Crippen LogP contribution < -0.4 is 15.7 Å². The first-order valence-corrected chi connectivity index (χ1v) is 11.8. The van der Waals surface area contributed by atoms with Crippen LogP contribution in [0, 0.1) is 6.92 Å². The lowest BCUT2D eigenvalue weighted by Crippen LogP contribution is -2.45. The highest BCUT2D eigenvalue weighted by Gasteiger charge is 2.28. The molecule has 0 radical (unpaired) electrons. The van der Waals surface area contributed by atoms with Crippen molar-refractivity contribution in [3.63, 3.8) is 0 Å². The summed E-state index contributed by atoms with van der Waals surface area (Å²) in [5.41, 5.74) is 1.75. The number of carbonyl (C=O) groups is 2. The lowest BCUT2D eigenvalue weighted by Gasteiger charge is -2.23. The number of rotatable bonds is 6. The van der Waals surface area contributed by atoms with E-state index in [1.807, 2.05) is 13.2 Å². The Balaban J connectivity index is 1.92. The maximum atomic E-state index is 13.0. The van der Waals surface area contributed by atoms with E-state index in [4.69, 9.17) is 13.9 Å². The van der Waals surface area contributed by atoms with Gasteiger partial charge in [-0.1, -0.05) is 0 Å². The van der Waals surface area contributed by atoms with Crippen LogP contribution >= 0.6 is 11.8 Å². The molecule has 1 aromatic carbocycles. The van der Waals surface area contributed by atoms with E-state index in [2.05, 4.69) is 5.32 Å². The highest BCUT2D eigenvalue weighted by molar-refractivity contribution is 7.98. The Morgan fingerprint density at radius 3 is 2.61 bits per heavy atom. The summed E-state index contributed by atoms with van der Waals surface area (Å²) >= 11 is 1.57. The maximum Gasteiger partial charge on any atom is 0.408 e. The smallest absolute Gasteiger partial charge is 0.408 e. The molecule has 3 rings (SSSR count). The molecule has 0 bridgehead atoms. The molecule has 8 heteroatoms. The van der Waals surface area contributed by atoms with Crippen LogP contribution in [-0.2, 0) is 22.4 Å². The molecule has 2 aromatic rings. The predicted molar refractivity (Wildman–Crippen MR) is 121 cm³/mol. The number of fused-ring (bicyclic) bond motifs is 3. The van der Waals surface area contributed by atoms with Gasteiger partial charge in [-0.2, -0.15) is 11.8 Å². The number of carbonyl (C=O) groups excluding carboxylic acids is 2. The summed E-state index contributed by atoms with van der Waals surface area (Å²) < 4.78 is 16.6. The van der Waals surface area contributed by atoms with Gasteiger partial charge in [0.1, 0.15) is 23.0 Å². The van der Waals surface area contributed by atoms with Crippen LogP contribution in [0.1, 0.15) is 50.3 Å². The van der Waals surface area contributed by atoms with E-state index >= 15 is 0 Å². The number of hydrogen-bond acceptors (Lipinski definition) is 7. The van der Waals surface area contributed by atoms with Gasteiger partial charge in [0.15, 0.2) is 0 Å². The van der Waals surface area contributed by atoms with Crippen molar-refractivity contribution >= 4 is 34.8 Å². The van der Waals surface area contributed by atoms with E-state index in [0.29, 0.717) is 40.9 Å². The zero-order chi connectivity index (χ0) is 22.8. The molecule has 1 atom stereocenters. The summed E-state index contributed by atoms with van der Waals surface area (Å²) in [6.45, 7) is 7.12. The Kier molecular flexibility index (Phi) is 6.99. The Hall–Kier alpha value is -2.48. The Morgan fingerprint density at radius 1 is 1.23 bits per heavy atom. The fourth-order valence-electron chi connectivity index (χ4n) is 3.70. The number of benzene rings is 1. The number of nitrogens with one attached hydrogen (secondary N) is 1. The number of thioether (sulfide) groups is 1. The predicted octanol–water partition coefficient (Wildman–Crippen LogP) is 4.14. The van der Waals surface area contributed by atoms with E-state index in [1.165, 1.54) is 0 Å². The van der Waals surface area contributed by atoms with Crippen LogP contribution in [0.4, 0.5) is 4.79 Å². The van der Waals surface area contributed by atoms with Crippen molar-refractivity contribution in [2.45, 2.75) is 65.0 Å². The van der Waals surface area contributed by atoms with Gasteiger partial charge in [0, 0.05) is 5.56 Å². The zero-order valence-corrected chi connectivity index (χ0v) is 19.4. The molecule has 0 fully saturated rings. The molecule has 0 aliphatic heterocycles. The molecule has 31 heavy (non-hydrogen) atoms. The number of hydrogen-bond donors (Lipinski definition) is 1. The van der Waals surface area contributed by atoms with Gasteiger partial charge in [-0.05, 0) is 88.6 Å². The summed E-state index contributed by atoms with van der Waals surface area (Å²) in [6.07, 6.45) is 3.90. The fourth-order valence-corrected chi connectivity index (χ4v) is 4.17. The van der Waals surface area contributed by atoms with Crippen LogP contribution in [0.25, 0.3) is 11.0 Å². The molecular formula is C23H29NO6S. The first kappa shape index (κ1) is 23.2. The second-order valence-electron chi connectivity index (χ2n) is 8.74. The van der Waals surface area contributed by atoms with E-state index in [0.717, 1.165) is 24.0 Å². The van der Waals surface area contributed by atoms with Gasteiger partial charge in [-0.25, -0.2) is 14.4 Å². The molecule has 1 aliphatic carbocycles. The topological polar surface area (TPSA) is 94.8 Å². The quantitative estimate of drug-likeness (QED) is 0.404. The van der Waals surface area contributed by atoms with Gasteiger partial charge in [-0.15, -0.1) is 0 Å². The third kappa shape index (κ3) is 5.61. The molecule has 7 nitrogen and oxygen atoms in total. The second-order valence-corrected chi connectivity index (χ2v) is 9.72. The van der Waals surface area contributed by atoms with Gasteiger partial charge in [0.2, 0.25) is 0 Å². The van der Waals surface area contributed by atoms with Crippen molar-refractivity contribution in [2.24, 2.45) is 0 Å². The molecular weight excluding hydrogens is 418 g/mol. The highest BCUT2D eigenvalue weighted by atomic mass is 32.2. The average Bonchev–Trinajstić information content (AvgIpc) is 3.13. The van der Waals surface area contributed by atoms with Crippen LogP contribution in [0.15, 0.2) is 21.3 Å². The lowest BCUT2D eigenvalue weighted by molar-refractivity contribution is -0.136. The van der Waals surface area contributed by atoms with Crippen LogP contribution in [0.3, 0.4) is 0 Å². The Labute approximate surface area is 185 Å². The first-order valence-electron chi connectivity index (χ1n) is 10.4. The van der Waals surface area contributed by atoms with Crippen LogP contribution in [0.5, 0.6) is 5.75 Å². The molecule has 0 spiro atoms. The number of esters is 1. The molecule has 0 saturated carbocycles. The van der Waals surface area contributed by atoms with E-state index < -0.39 is 23.7 Å². The normalized spacial score (nSPS) is 14.2. The van der Waals surface area contributed by atoms with Crippen molar-refractivity contribution in [1.82, 2.24) is 5.32 Å². The fraction of sp³-hybridized carbons (Fsp3) is 0.522. The number of aryl methyl sites for hydroxylation is 2. The number of ether oxygens (including phenoxy) is 2. The first-order chi connectivity index (χ1) is 14.6. The summed E-state index contributed by atoms with van der Waals surface area (Å²) in [4.78, 5) is 37.6. The van der Waals surface area contributed by atoms with Gasteiger partial charge >= 0.3 is 17.7 Å². The number of amides is 1. The maximum absolute atomic E-state index is 13.0. The van der Waals surface area contributed by atoms with Gasteiger partial charge in [-0.3, -0.25) is 0 Å². The summed E-state index contributed by atoms with van der Waals surface area (Å²) in [6, 6.07) is 2.68. The summed E-state index contributed by atoms with van der Waals surface area (Å²) in [5, 5.41) is 3.29. The highest BCUT2D eigenvalue weighted by Crippen LogP contribution is 2.35. The van der Waals surface area contributed by atoms with Crippen molar-refractivity contribution in [3.05, 3.63) is 39.2 Å². The minimum absolute atomic E-state index is 0.327. The monoisotopic (exact) mass is 447 g/mol. The second kappa shape index (κ2) is 9.34. The van der Waals surface area contributed by atoms with Crippen molar-refractivity contribution < 1.29 is 23.5 Å². The standard InChI is InChI=1S/C23H29NO6S/c1-13-11-17-19(14-7-6-8-15(14)20(25)28-17)18(12-13)29-21(26)16(9-10-31-5)24-22(27)30-23(2,3)4/h11-12,16H,6-10H2,1-5H3,(H,24,27). The molecule has 0 saturated heterocycles. The van der Waals surface area contributed by atoms with Crippen molar-refractivity contribution in [1.29, 1.82) is 0 Å². The van der Waals surface area contributed by atoms with E-state index in [9.17, 15) is 14.4 Å². The molecule has 1 heterocycles. The van der Waals surface area contributed by atoms with Crippen molar-refractivity contribution in [3.8, 4) is 5.75 Å².